The molecule has 0 radical (unpaired) electrons. The van der Waals surface area contributed by atoms with E-state index in [1.807, 2.05) is 36.6 Å². The number of pyridine rings is 3. The highest BCUT2D eigenvalue weighted by Crippen LogP contribution is 2.25. The lowest BCUT2D eigenvalue weighted by atomic mass is 10.1. The van der Waals surface area contributed by atoms with Gasteiger partial charge in [-0.1, -0.05) is 12.1 Å². The number of carbonyl (C=O) groups is 1. The van der Waals surface area contributed by atoms with Gasteiger partial charge in [0.25, 0.3) is 5.91 Å². The number of benzene rings is 1. The Balaban J connectivity index is 1.46. The standard InChI is InChI=1S/C25H22N8O2/c1-15(2)33-14-27-32-24(33)19-9-4-10-22(31-19)30-18-8-3-7-17-23(18)21(34)12-20(29-17)25(35)28-16-6-5-11-26-13-16/h3-15H,1-2H3,(H,28,35)(H,29,34)(H,30,31). The van der Waals surface area contributed by atoms with E-state index in [0.717, 1.165) is 0 Å². The molecule has 0 aliphatic carbocycles. The molecule has 35 heavy (non-hydrogen) atoms. The normalized spacial score (nSPS) is 11.1. The number of aromatic nitrogens is 6. The Hall–Kier alpha value is -4.86. The van der Waals surface area contributed by atoms with Gasteiger partial charge in [0, 0.05) is 18.3 Å². The van der Waals surface area contributed by atoms with Gasteiger partial charge in [0.2, 0.25) is 0 Å². The zero-order chi connectivity index (χ0) is 24.4. The fraction of sp³-hybridized carbons (Fsp3) is 0.120. The molecule has 0 saturated heterocycles. The number of nitrogens with one attached hydrogen (secondary N) is 3. The Kier molecular flexibility index (Phi) is 5.76. The van der Waals surface area contributed by atoms with Gasteiger partial charge in [-0.2, -0.15) is 0 Å². The molecule has 10 nitrogen and oxygen atoms in total. The highest BCUT2D eigenvalue weighted by atomic mass is 16.2. The van der Waals surface area contributed by atoms with Gasteiger partial charge in [-0.05, 0) is 50.2 Å². The summed E-state index contributed by atoms with van der Waals surface area (Å²) >= 11 is 0. The van der Waals surface area contributed by atoms with E-state index < -0.39 is 5.91 Å². The zero-order valence-electron chi connectivity index (χ0n) is 19.1. The number of fused-ring (bicyclic) bond motifs is 1. The SMILES string of the molecule is CC(C)n1cnnc1-c1cccc(Nc2cccc3[nH]c(C(=O)Nc4cccnc4)cc(=O)c23)n1. The predicted octanol–water partition coefficient (Wildman–Crippen LogP) is 4.15. The quantitative estimate of drug-likeness (QED) is 0.343. The maximum atomic E-state index is 13.0. The lowest BCUT2D eigenvalue weighted by Gasteiger charge is -2.12. The topological polar surface area (TPSA) is 130 Å². The minimum Gasteiger partial charge on any atom is -0.350 e. The molecule has 174 valence electrons. The molecule has 4 heterocycles. The molecule has 0 atom stereocenters. The molecule has 4 aromatic heterocycles. The van der Waals surface area contributed by atoms with Crippen LogP contribution in [0.2, 0.25) is 0 Å². The van der Waals surface area contributed by atoms with E-state index in [9.17, 15) is 9.59 Å². The highest BCUT2D eigenvalue weighted by molar-refractivity contribution is 6.04. The molecular formula is C25H22N8O2. The van der Waals surface area contributed by atoms with Crippen molar-refractivity contribution in [1.29, 1.82) is 0 Å². The van der Waals surface area contributed by atoms with Crippen molar-refractivity contribution in [2.24, 2.45) is 0 Å². The minimum absolute atomic E-state index is 0.150. The number of amides is 1. The van der Waals surface area contributed by atoms with Crippen LogP contribution in [0.3, 0.4) is 0 Å². The van der Waals surface area contributed by atoms with Crippen molar-refractivity contribution in [1.82, 2.24) is 29.7 Å². The number of aromatic amines is 1. The smallest absolute Gasteiger partial charge is 0.272 e. The van der Waals surface area contributed by atoms with Crippen LogP contribution in [0.4, 0.5) is 17.2 Å². The maximum Gasteiger partial charge on any atom is 0.272 e. The summed E-state index contributed by atoms with van der Waals surface area (Å²) in [5.41, 5.74) is 2.14. The summed E-state index contributed by atoms with van der Waals surface area (Å²) in [6, 6.07) is 15.8. The number of carbonyl (C=O) groups excluding carboxylic acids is 1. The largest absolute Gasteiger partial charge is 0.350 e. The molecule has 5 aromatic rings. The molecule has 0 aliphatic heterocycles. The molecule has 0 saturated carbocycles. The van der Waals surface area contributed by atoms with E-state index in [2.05, 4.69) is 35.8 Å². The van der Waals surface area contributed by atoms with Gasteiger partial charge in [-0.15, -0.1) is 10.2 Å². The van der Waals surface area contributed by atoms with Crippen LogP contribution >= 0.6 is 0 Å². The monoisotopic (exact) mass is 466 g/mol. The second-order valence-corrected chi connectivity index (χ2v) is 8.16. The van der Waals surface area contributed by atoms with E-state index in [4.69, 9.17) is 0 Å². The van der Waals surface area contributed by atoms with Gasteiger partial charge in [0.15, 0.2) is 11.3 Å². The number of anilines is 3. The first kappa shape index (κ1) is 22.0. The maximum absolute atomic E-state index is 13.0. The van der Waals surface area contributed by atoms with E-state index in [1.54, 1.807) is 42.9 Å². The average Bonchev–Trinajstić information content (AvgIpc) is 3.35. The number of hydrogen-bond acceptors (Lipinski definition) is 7. The third kappa shape index (κ3) is 4.49. The van der Waals surface area contributed by atoms with Gasteiger partial charge < -0.3 is 20.2 Å². The highest BCUT2D eigenvalue weighted by Gasteiger charge is 2.15. The zero-order valence-corrected chi connectivity index (χ0v) is 19.1. The van der Waals surface area contributed by atoms with Crippen LogP contribution in [-0.2, 0) is 0 Å². The van der Waals surface area contributed by atoms with Crippen molar-refractivity contribution in [3.8, 4) is 11.5 Å². The first-order chi connectivity index (χ1) is 17.0. The van der Waals surface area contributed by atoms with Gasteiger partial charge in [-0.3, -0.25) is 14.6 Å². The molecule has 0 unspecified atom stereocenters. The number of rotatable bonds is 6. The van der Waals surface area contributed by atoms with Crippen LogP contribution in [0, 0.1) is 0 Å². The Morgan fingerprint density at radius 3 is 2.74 bits per heavy atom. The molecule has 1 amide bonds. The third-order valence-corrected chi connectivity index (χ3v) is 5.39. The molecule has 3 N–H and O–H groups in total. The van der Waals surface area contributed by atoms with Gasteiger partial charge in [0.05, 0.1) is 28.5 Å². The van der Waals surface area contributed by atoms with E-state index in [0.29, 0.717) is 39.6 Å². The molecule has 0 aliphatic rings. The summed E-state index contributed by atoms with van der Waals surface area (Å²) in [6.45, 7) is 4.09. The predicted molar refractivity (Wildman–Crippen MR) is 134 cm³/mol. The van der Waals surface area contributed by atoms with Crippen LogP contribution < -0.4 is 16.1 Å². The van der Waals surface area contributed by atoms with Crippen molar-refractivity contribution in [3.05, 3.63) is 89.2 Å². The Morgan fingerprint density at radius 1 is 1.09 bits per heavy atom. The fourth-order valence-electron chi connectivity index (χ4n) is 3.74. The first-order valence-corrected chi connectivity index (χ1v) is 11.0. The Labute approximate surface area is 200 Å². The van der Waals surface area contributed by atoms with Crippen LogP contribution in [0.5, 0.6) is 0 Å². The number of nitrogens with zero attached hydrogens (tertiary/aromatic N) is 5. The molecule has 0 bridgehead atoms. The summed E-state index contributed by atoms with van der Waals surface area (Å²) < 4.78 is 1.94. The van der Waals surface area contributed by atoms with Crippen molar-refractivity contribution in [2.75, 3.05) is 10.6 Å². The molecule has 5 rings (SSSR count). The Morgan fingerprint density at radius 2 is 1.94 bits per heavy atom. The van der Waals surface area contributed by atoms with Crippen LogP contribution in [0.25, 0.3) is 22.4 Å². The molecule has 1 aromatic carbocycles. The Bertz CT molecular complexity index is 1570. The van der Waals surface area contributed by atoms with Gasteiger partial charge in [-0.25, -0.2) is 4.98 Å². The van der Waals surface area contributed by atoms with Crippen LogP contribution in [0.15, 0.2) is 78.1 Å². The number of H-pyrrole nitrogens is 1. The number of hydrogen-bond donors (Lipinski definition) is 3. The van der Waals surface area contributed by atoms with E-state index >= 15 is 0 Å². The molecule has 10 heteroatoms. The lowest BCUT2D eigenvalue weighted by molar-refractivity contribution is 0.102. The second-order valence-electron chi connectivity index (χ2n) is 8.16. The lowest BCUT2D eigenvalue weighted by Crippen LogP contribution is -2.17. The minimum atomic E-state index is -0.431. The summed E-state index contributed by atoms with van der Waals surface area (Å²) in [5.74, 6) is 0.772. The van der Waals surface area contributed by atoms with Gasteiger partial charge >= 0.3 is 0 Å². The van der Waals surface area contributed by atoms with Crippen molar-refractivity contribution < 1.29 is 4.79 Å². The van der Waals surface area contributed by atoms with Gasteiger partial charge in [0.1, 0.15) is 23.5 Å². The summed E-state index contributed by atoms with van der Waals surface area (Å²) in [5, 5.41) is 14.6. The summed E-state index contributed by atoms with van der Waals surface area (Å²) in [4.78, 5) is 37.4. The fourth-order valence-corrected chi connectivity index (χ4v) is 3.74. The molecule has 0 spiro atoms. The summed E-state index contributed by atoms with van der Waals surface area (Å²) in [7, 11) is 0. The third-order valence-electron chi connectivity index (χ3n) is 5.39. The second kappa shape index (κ2) is 9.18. The van der Waals surface area contributed by atoms with E-state index in [-0.39, 0.29) is 17.2 Å². The average molecular weight is 467 g/mol. The van der Waals surface area contributed by atoms with Crippen molar-refractivity contribution in [2.45, 2.75) is 19.9 Å². The van der Waals surface area contributed by atoms with Crippen molar-refractivity contribution >= 4 is 34.0 Å². The summed E-state index contributed by atoms with van der Waals surface area (Å²) in [6.07, 6.45) is 4.82. The van der Waals surface area contributed by atoms with Crippen molar-refractivity contribution in [3.63, 3.8) is 0 Å². The molecule has 0 fully saturated rings. The first-order valence-electron chi connectivity index (χ1n) is 11.0. The molecular weight excluding hydrogens is 444 g/mol. The van der Waals surface area contributed by atoms with Crippen LogP contribution in [0.1, 0.15) is 30.4 Å². The van der Waals surface area contributed by atoms with Crippen LogP contribution in [-0.4, -0.2) is 35.6 Å². The van der Waals surface area contributed by atoms with E-state index in [1.165, 1.54) is 12.3 Å².